The molecule has 1 atom stereocenters. The fourth-order valence-electron chi connectivity index (χ4n) is 0.767. The number of hydrogen-bond acceptors (Lipinski definition) is 0. The molecule has 0 aromatic rings. The molecular formula is C13H24Y-2. The van der Waals surface area contributed by atoms with Crippen LogP contribution in [0.3, 0.4) is 0 Å². The van der Waals surface area contributed by atoms with Gasteiger partial charge in [-0.1, -0.05) is 52.4 Å². The molecule has 0 aliphatic heterocycles. The van der Waals surface area contributed by atoms with Gasteiger partial charge in [0.15, 0.2) is 0 Å². The first-order valence-electron chi connectivity index (χ1n) is 4.99. The molecule has 0 nitrogen and oxygen atoms in total. The van der Waals surface area contributed by atoms with Crippen LogP contribution in [0.1, 0.15) is 41.5 Å². The van der Waals surface area contributed by atoms with Crippen LogP contribution in [0.15, 0.2) is 12.2 Å². The van der Waals surface area contributed by atoms with E-state index in [2.05, 4.69) is 67.0 Å². The normalized spacial score (nSPS) is 15.1. The molecule has 0 amide bonds. The molecule has 0 fully saturated rings. The molecule has 0 saturated heterocycles. The largest absolute Gasteiger partial charge is 0.353 e. The van der Waals surface area contributed by atoms with Gasteiger partial charge in [-0.15, -0.1) is 0 Å². The van der Waals surface area contributed by atoms with Gasteiger partial charge in [0.2, 0.25) is 0 Å². The monoisotopic (exact) mass is 269 g/mol. The first kappa shape index (κ1) is 17.1. The zero-order valence-electron chi connectivity index (χ0n) is 10.6. The fraction of sp³-hybridized carbons (Fsp3) is 0.692. The van der Waals surface area contributed by atoms with Gasteiger partial charge < -0.3 is 6.92 Å². The number of rotatable bonds is 2. The third-order valence-corrected chi connectivity index (χ3v) is 2.05. The van der Waals surface area contributed by atoms with Gasteiger partial charge in [-0.2, -0.15) is 0 Å². The Morgan fingerprint density at radius 3 is 1.79 bits per heavy atom. The van der Waals surface area contributed by atoms with Crippen molar-refractivity contribution in [1.82, 2.24) is 0 Å². The van der Waals surface area contributed by atoms with Crippen molar-refractivity contribution in [1.29, 1.82) is 0 Å². The second-order valence-corrected chi connectivity index (χ2v) is 5.89. The van der Waals surface area contributed by atoms with Crippen molar-refractivity contribution in [3.63, 3.8) is 0 Å². The SMILES string of the molecule is [CH2-]C(/C=C\[CH-]C(C)(C)C)C(C)(C)C.[Y]. The third-order valence-electron chi connectivity index (χ3n) is 2.05. The fourth-order valence-corrected chi connectivity index (χ4v) is 0.767. The first-order chi connectivity index (χ1) is 5.63. The summed E-state index contributed by atoms with van der Waals surface area (Å²) >= 11 is 0. The summed E-state index contributed by atoms with van der Waals surface area (Å²) in [6.07, 6.45) is 6.55. The zero-order chi connectivity index (χ0) is 10.7. The van der Waals surface area contributed by atoms with E-state index in [-0.39, 0.29) is 43.5 Å². The molecule has 1 radical (unpaired) electrons. The molecule has 0 N–H and O–H groups in total. The predicted octanol–water partition coefficient (Wildman–Crippen LogP) is 4.29. The van der Waals surface area contributed by atoms with Crippen LogP contribution in [-0.4, -0.2) is 0 Å². The van der Waals surface area contributed by atoms with Crippen LogP contribution in [0.25, 0.3) is 0 Å². The first-order valence-corrected chi connectivity index (χ1v) is 4.99. The van der Waals surface area contributed by atoms with E-state index in [1.54, 1.807) is 0 Å². The molecule has 14 heavy (non-hydrogen) atoms. The van der Waals surface area contributed by atoms with Crippen LogP contribution in [0.2, 0.25) is 0 Å². The minimum absolute atomic E-state index is 0. The van der Waals surface area contributed by atoms with E-state index in [9.17, 15) is 0 Å². The third kappa shape index (κ3) is 9.28. The van der Waals surface area contributed by atoms with Crippen LogP contribution in [0.5, 0.6) is 0 Å². The maximum absolute atomic E-state index is 4.12. The average molecular weight is 269 g/mol. The Morgan fingerprint density at radius 1 is 1.07 bits per heavy atom. The topological polar surface area (TPSA) is 0 Å². The van der Waals surface area contributed by atoms with Gasteiger partial charge in [-0.05, 0) is 0 Å². The Hall–Kier alpha value is 0.714. The van der Waals surface area contributed by atoms with E-state index in [1.165, 1.54) is 0 Å². The summed E-state index contributed by atoms with van der Waals surface area (Å²) in [6.45, 7) is 17.4. The molecule has 0 aliphatic carbocycles. The maximum atomic E-state index is 4.12. The van der Waals surface area contributed by atoms with Crippen LogP contribution < -0.4 is 0 Å². The molecule has 81 valence electrons. The Morgan fingerprint density at radius 2 is 1.50 bits per heavy atom. The van der Waals surface area contributed by atoms with Crippen molar-refractivity contribution in [3.8, 4) is 0 Å². The molecule has 1 unspecified atom stereocenters. The van der Waals surface area contributed by atoms with Gasteiger partial charge in [-0.25, -0.2) is 18.4 Å². The van der Waals surface area contributed by atoms with Gasteiger partial charge >= 0.3 is 0 Å². The molecule has 0 rings (SSSR count). The molecule has 0 bridgehead atoms. The molecule has 1 heteroatoms. The molecular weight excluding hydrogens is 245 g/mol. The summed E-state index contributed by atoms with van der Waals surface area (Å²) in [4.78, 5) is 0. The quantitative estimate of drug-likeness (QED) is 0.656. The minimum atomic E-state index is 0. The summed E-state index contributed by atoms with van der Waals surface area (Å²) in [5, 5.41) is 0. The van der Waals surface area contributed by atoms with E-state index in [0.717, 1.165) is 0 Å². The van der Waals surface area contributed by atoms with E-state index >= 15 is 0 Å². The average Bonchev–Trinajstić information content (AvgIpc) is 1.82. The van der Waals surface area contributed by atoms with Gasteiger partial charge in [0, 0.05) is 32.7 Å². The summed E-state index contributed by atoms with van der Waals surface area (Å²) < 4.78 is 0. The van der Waals surface area contributed by atoms with E-state index in [0.29, 0.717) is 5.92 Å². The number of allylic oxidation sites excluding steroid dienone is 2. The van der Waals surface area contributed by atoms with Gasteiger partial charge in [0.1, 0.15) is 0 Å². The van der Waals surface area contributed by atoms with Crippen LogP contribution in [-0.2, 0) is 32.7 Å². The summed E-state index contributed by atoms with van der Waals surface area (Å²) in [5.41, 5.74) is 0.538. The zero-order valence-corrected chi connectivity index (χ0v) is 13.4. The summed E-state index contributed by atoms with van der Waals surface area (Å²) in [5.74, 6) is 0.381. The van der Waals surface area contributed by atoms with Crippen molar-refractivity contribution in [2.24, 2.45) is 16.7 Å². The number of hydrogen-bond donors (Lipinski definition) is 0. The second-order valence-electron chi connectivity index (χ2n) is 5.89. The maximum Gasteiger partial charge on any atom is 0 e. The molecule has 0 aromatic carbocycles. The van der Waals surface area contributed by atoms with Crippen molar-refractivity contribution >= 4 is 0 Å². The minimum Gasteiger partial charge on any atom is -0.353 e. The van der Waals surface area contributed by atoms with Crippen LogP contribution in [0, 0.1) is 30.1 Å². The summed E-state index contributed by atoms with van der Waals surface area (Å²) in [6, 6.07) is 0. The molecule has 0 heterocycles. The standard InChI is InChI=1S/C13H24.Y/c1-11(13(5,6)7)9-8-10-12(2,3)4;/h8-11H,1H2,2-7H3;/q-2;/b9-8-;. The van der Waals surface area contributed by atoms with Gasteiger partial charge in [0.05, 0.1) is 0 Å². The van der Waals surface area contributed by atoms with Crippen molar-refractivity contribution in [2.75, 3.05) is 0 Å². The predicted molar refractivity (Wildman–Crippen MR) is 61.2 cm³/mol. The van der Waals surface area contributed by atoms with E-state index in [1.807, 2.05) is 0 Å². The molecule has 0 spiro atoms. The van der Waals surface area contributed by atoms with Gasteiger partial charge in [-0.3, -0.25) is 6.08 Å². The van der Waals surface area contributed by atoms with Crippen molar-refractivity contribution in [2.45, 2.75) is 41.5 Å². The molecule has 0 aliphatic rings. The van der Waals surface area contributed by atoms with Crippen LogP contribution in [0.4, 0.5) is 0 Å². The van der Waals surface area contributed by atoms with Crippen LogP contribution >= 0.6 is 0 Å². The Balaban J connectivity index is 0. The van der Waals surface area contributed by atoms with E-state index < -0.39 is 0 Å². The Bertz CT molecular complexity index is 167. The van der Waals surface area contributed by atoms with Crippen molar-refractivity contribution < 1.29 is 32.7 Å². The molecule has 0 saturated carbocycles. The van der Waals surface area contributed by atoms with Crippen molar-refractivity contribution in [3.05, 3.63) is 25.5 Å². The Kier molecular flexibility index (Phi) is 7.74. The molecule has 0 aromatic heterocycles. The van der Waals surface area contributed by atoms with E-state index in [4.69, 9.17) is 0 Å². The summed E-state index contributed by atoms with van der Waals surface area (Å²) in [7, 11) is 0. The van der Waals surface area contributed by atoms with Gasteiger partial charge in [0.25, 0.3) is 0 Å². The smallest absolute Gasteiger partial charge is 0 e. The second kappa shape index (κ2) is 6.33. The Labute approximate surface area is 116 Å².